The average molecular weight is 522 g/mol. The number of halogens is 1. The maximum atomic E-state index is 9.57. The van der Waals surface area contributed by atoms with Gasteiger partial charge in [0.25, 0.3) is 0 Å². The molecule has 9 rings (SSSR count). The second-order valence-electron chi connectivity index (χ2n) is 11.9. The van der Waals surface area contributed by atoms with Crippen LogP contribution in [0.15, 0.2) is 59.1 Å². The highest BCUT2D eigenvalue weighted by molar-refractivity contribution is 9.10. The summed E-state index contributed by atoms with van der Waals surface area (Å²) in [4.78, 5) is 0. The van der Waals surface area contributed by atoms with Gasteiger partial charge in [-0.3, -0.25) is 0 Å². The van der Waals surface area contributed by atoms with Gasteiger partial charge in [0.2, 0.25) is 0 Å². The number of hydrogen-bond acceptors (Lipinski definition) is 2. The van der Waals surface area contributed by atoms with Crippen LogP contribution >= 0.6 is 15.9 Å². The van der Waals surface area contributed by atoms with E-state index in [2.05, 4.69) is 69.8 Å². The number of nitriles is 1. The average Bonchev–Trinajstić information content (AvgIpc) is 3.11. The van der Waals surface area contributed by atoms with Crippen LogP contribution in [0.5, 0.6) is 0 Å². The Balaban J connectivity index is 1.44. The molecule has 1 N–H and O–H groups in total. The maximum absolute atomic E-state index is 9.57. The van der Waals surface area contributed by atoms with Crippen LogP contribution in [-0.4, -0.2) is 13.1 Å². The van der Waals surface area contributed by atoms with E-state index in [0.29, 0.717) is 5.92 Å². The summed E-state index contributed by atoms with van der Waals surface area (Å²) < 4.78 is 1.21. The number of rotatable bonds is 2. The monoisotopic (exact) mass is 520 g/mol. The molecule has 5 fully saturated rings. The Kier molecular flexibility index (Phi) is 4.33. The van der Waals surface area contributed by atoms with Gasteiger partial charge < -0.3 is 5.32 Å². The molecule has 35 heavy (non-hydrogen) atoms. The van der Waals surface area contributed by atoms with Gasteiger partial charge in [0.1, 0.15) is 0 Å². The molecule has 4 bridgehead atoms. The lowest BCUT2D eigenvalue weighted by Crippen LogP contribution is -2.55. The molecule has 3 heteroatoms. The Morgan fingerprint density at radius 2 is 1.60 bits per heavy atom. The minimum absolute atomic E-state index is 0.149. The molecule has 6 aliphatic rings. The Hall–Kier alpha value is -2.41. The third-order valence-corrected chi connectivity index (χ3v) is 10.8. The van der Waals surface area contributed by atoms with Crippen molar-refractivity contribution >= 4 is 15.9 Å². The molecule has 0 radical (unpaired) electrons. The van der Waals surface area contributed by atoms with Crippen molar-refractivity contribution in [3.63, 3.8) is 0 Å². The Morgan fingerprint density at radius 1 is 0.829 bits per heavy atom. The van der Waals surface area contributed by atoms with E-state index in [0.717, 1.165) is 42.3 Å². The zero-order chi connectivity index (χ0) is 23.3. The lowest BCUT2D eigenvalue weighted by atomic mass is 9.43. The molecule has 1 saturated heterocycles. The molecular weight excluding hydrogens is 492 g/mol. The van der Waals surface area contributed by atoms with Crippen LogP contribution < -0.4 is 5.32 Å². The maximum Gasteiger partial charge on any atom is 0.0991 e. The largest absolute Gasteiger partial charge is 0.315 e. The minimum atomic E-state index is 0.149. The van der Waals surface area contributed by atoms with E-state index in [1.54, 1.807) is 16.7 Å². The second-order valence-corrected chi connectivity index (χ2v) is 12.8. The quantitative estimate of drug-likeness (QED) is 0.382. The fraction of sp³-hybridized carbons (Fsp3) is 0.406. The predicted molar refractivity (Wildman–Crippen MR) is 143 cm³/mol. The SMILES string of the molecule is N#Cc1cccc(-c2cc(C3CNC3)c3c(c2)C2(c4cc(Br)ccc4-3)C3CC4CC(C3)CC2C4)c1. The third kappa shape index (κ3) is 2.73. The van der Waals surface area contributed by atoms with E-state index in [9.17, 15) is 5.26 Å². The molecule has 174 valence electrons. The number of nitrogens with zero attached hydrogens (tertiary/aromatic N) is 1. The van der Waals surface area contributed by atoms with Gasteiger partial charge in [-0.25, -0.2) is 0 Å². The van der Waals surface area contributed by atoms with Crippen LogP contribution in [0.2, 0.25) is 0 Å². The molecule has 3 aromatic carbocycles. The van der Waals surface area contributed by atoms with E-state index in [1.807, 2.05) is 12.1 Å². The van der Waals surface area contributed by atoms with Crippen LogP contribution in [-0.2, 0) is 5.41 Å². The fourth-order valence-electron chi connectivity index (χ4n) is 9.09. The molecule has 3 aromatic rings. The van der Waals surface area contributed by atoms with Crippen LogP contribution in [0.3, 0.4) is 0 Å². The van der Waals surface area contributed by atoms with Gasteiger partial charge in [0.15, 0.2) is 0 Å². The molecule has 0 aromatic heterocycles. The highest BCUT2D eigenvalue weighted by Crippen LogP contribution is 2.70. The van der Waals surface area contributed by atoms with Crippen molar-refractivity contribution in [1.29, 1.82) is 5.26 Å². The van der Waals surface area contributed by atoms with Gasteiger partial charge in [0.05, 0.1) is 11.6 Å². The van der Waals surface area contributed by atoms with Gasteiger partial charge in [-0.1, -0.05) is 40.2 Å². The summed E-state index contributed by atoms with van der Waals surface area (Å²) in [7, 11) is 0. The summed E-state index contributed by atoms with van der Waals surface area (Å²) in [6, 6.07) is 22.7. The van der Waals surface area contributed by atoms with Crippen LogP contribution in [0, 0.1) is 35.0 Å². The van der Waals surface area contributed by atoms with E-state index in [4.69, 9.17) is 0 Å². The lowest BCUT2D eigenvalue weighted by Gasteiger charge is -2.61. The molecule has 0 atom stereocenters. The van der Waals surface area contributed by atoms with Gasteiger partial charge in [-0.05, 0) is 125 Å². The fourth-order valence-corrected chi connectivity index (χ4v) is 9.45. The summed E-state index contributed by atoms with van der Waals surface area (Å²) in [5, 5.41) is 13.1. The smallest absolute Gasteiger partial charge is 0.0991 e. The van der Waals surface area contributed by atoms with Gasteiger partial charge >= 0.3 is 0 Å². The highest BCUT2D eigenvalue weighted by Gasteiger charge is 2.62. The molecule has 4 saturated carbocycles. The Morgan fingerprint density at radius 3 is 2.29 bits per heavy atom. The Labute approximate surface area is 215 Å². The van der Waals surface area contributed by atoms with Crippen molar-refractivity contribution in [2.75, 3.05) is 13.1 Å². The highest BCUT2D eigenvalue weighted by atomic mass is 79.9. The summed E-state index contributed by atoms with van der Waals surface area (Å²) in [6.45, 7) is 2.12. The first-order valence-corrected chi connectivity index (χ1v) is 14.1. The summed E-state index contributed by atoms with van der Waals surface area (Å²) in [5.41, 5.74) is 11.1. The molecule has 1 spiro atoms. The summed E-state index contributed by atoms with van der Waals surface area (Å²) in [6.07, 6.45) is 7.06. The van der Waals surface area contributed by atoms with Crippen molar-refractivity contribution in [2.45, 2.75) is 43.4 Å². The summed E-state index contributed by atoms with van der Waals surface area (Å²) >= 11 is 3.86. The van der Waals surface area contributed by atoms with Crippen molar-refractivity contribution in [2.24, 2.45) is 23.7 Å². The molecule has 1 heterocycles. The molecule has 5 aliphatic carbocycles. The Bertz CT molecular complexity index is 1400. The molecule has 1 aliphatic heterocycles. The van der Waals surface area contributed by atoms with Crippen molar-refractivity contribution in [3.05, 3.63) is 81.3 Å². The zero-order valence-electron chi connectivity index (χ0n) is 19.9. The minimum Gasteiger partial charge on any atom is -0.315 e. The number of hydrogen-bond donors (Lipinski definition) is 1. The third-order valence-electron chi connectivity index (χ3n) is 10.3. The van der Waals surface area contributed by atoms with Gasteiger partial charge in [0, 0.05) is 28.9 Å². The summed E-state index contributed by atoms with van der Waals surface area (Å²) in [5.74, 6) is 3.94. The van der Waals surface area contributed by atoms with Gasteiger partial charge in [-0.15, -0.1) is 0 Å². The van der Waals surface area contributed by atoms with Crippen molar-refractivity contribution in [3.8, 4) is 28.3 Å². The molecule has 2 nitrogen and oxygen atoms in total. The van der Waals surface area contributed by atoms with E-state index >= 15 is 0 Å². The van der Waals surface area contributed by atoms with Crippen LogP contribution in [0.1, 0.15) is 60.3 Å². The number of fused-ring (bicyclic) bond motifs is 3. The molecular formula is C32H29BrN2. The standard InChI is InChI=1S/C32H29BrN2/c33-26-4-5-27-29(14-26)32(24-8-19-6-20(10-24)11-25(32)9-19)30-13-22(21-3-1-2-18(7-21)15-34)12-28(31(27)30)23-16-35-17-23/h1-5,7,12-14,19-20,23-25,35H,6,8-11,16-17H2. The predicted octanol–water partition coefficient (Wildman–Crippen LogP) is 7.40. The topological polar surface area (TPSA) is 35.8 Å². The van der Waals surface area contributed by atoms with E-state index < -0.39 is 0 Å². The lowest BCUT2D eigenvalue weighted by molar-refractivity contribution is -0.0399. The number of nitrogens with one attached hydrogen (secondary N) is 1. The van der Waals surface area contributed by atoms with E-state index in [1.165, 1.54) is 58.8 Å². The van der Waals surface area contributed by atoms with Crippen LogP contribution in [0.4, 0.5) is 0 Å². The molecule has 0 amide bonds. The first-order valence-electron chi connectivity index (χ1n) is 13.3. The van der Waals surface area contributed by atoms with Crippen molar-refractivity contribution < 1.29 is 0 Å². The first-order chi connectivity index (χ1) is 17.1. The van der Waals surface area contributed by atoms with Crippen LogP contribution in [0.25, 0.3) is 22.3 Å². The number of benzene rings is 3. The van der Waals surface area contributed by atoms with E-state index in [-0.39, 0.29) is 5.41 Å². The van der Waals surface area contributed by atoms with Crippen molar-refractivity contribution in [1.82, 2.24) is 5.32 Å². The van der Waals surface area contributed by atoms with Gasteiger partial charge in [-0.2, -0.15) is 5.26 Å². The first kappa shape index (κ1) is 20.7. The normalized spacial score (nSPS) is 31.8. The molecule has 0 unspecified atom stereocenters. The zero-order valence-corrected chi connectivity index (χ0v) is 21.4. The second kappa shape index (κ2) is 7.31.